The Morgan fingerprint density at radius 2 is 1.61 bits per heavy atom. The largest absolute Gasteiger partial charge is 0.507 e. The van der Waals surface area contributed by atoms with E-state index in [2.05, 4.69) is 29.7 Å². The Hall–Kier alpha value is -3.59. The van der Waals surface area contributed by atoms with Gasteiger partial charge in [0.05, 0.1) is 11.1 Å². The number of aromatic nitrogens is 1. The molecule has 0 radical (unpaired) electrons. The number of aromatic hydroxyl groups is 1. The summed E-state index contributed by atoms with van der Waals surface area (Å²) in [4.78, 5) is 12.9. The number of para-hydroxylation sites is 1. The minimum absolute atomic E-state index is 0.0155. The Balaban J connectivity index is 1.82. The first-order valence-corrected chi connectivity index (χ1v) is 9.45. The molecule has 4 aromatic carbocycles. The van der Waals surface area contributed by atoms with Crippen molar-refractivity contribution in [3.05, 3.63) is 90.0 Å². The summed E-state index contributed by atoms with van der Waals surface area (Å²) >= 11 is 0. The number of hydrogen-bond acceptors (Lipinski definition) is 2. The normalized spacial score (nSPS) is 11.5. The van der Waals surface area contributed by atoms with Crippen molar-refractivity contribution in [1.29, 1.82) is 0 Å². The zero-order chi connectivity index (χ0) is 19.3. The lowest BCUT2D eigenvalue weighted by Gasteiger charge is -2.10. The standard InChI is InChI=1S/C25H19NO2/c1-2-26-22-11-7-6-10-18(22)19-13-12-17-14-21(23(27)15-20(17)24(19)26)25(28)16-8-4-3-5-9-16/h3-15,27H,2H2,1H3. The van der Waals surface area contributed by atoms with Crippen LogP contribution in [0, 0.1) is 0 Å². The van der Waals surface area contributed by atoms with Crippen LogP contribution < -0.4 is 0 Å². The van der Waals surface area contributed by atoms with E-state index in [0.717, 1.165) is 28.2 Å². The number of aryl methyl sites for hydroxylation is 1. The molecule has 0 unspecified atom stereocenters. The van der Waals surface area contributed by atoms with Gasteiger partial charge in [0.25, 0.3) is 0 Å². The molecule has 136 valence electrons. The van der Waals surface area contributed by atoms with Crippen molar-refractivity contribution < 1.29 is 9.90 Å². The van der Waals surface area contributed by atoms with Crippen LogP contribution in [0.5, 0.6) is 5.75 Å². The average molecular weight is 365 g/mol. The Labute approximate surface area is 162 Å². The molecule has 5 aromatic rings. The van der Waals surface area contributed by atoms with E-state index < -0.39 is 0 Å². The van der Waals surface area contributed by atoms with E-state index in [1.54, 1.807) is 24.3 Å². The summed E-state index contributed by atoms with van der Waals surface area (Å²) in [6, 6.07) is 25.1. The second-order valence-corrected chi connectivity index (χ2v) is 7.01. The zero-order valence-corrected chi connectivity index (χ0v) is 15.5. The number of phenolic OH excluding ortho intramolecular Hbond substituents is 1. The molecule has 1 heterocycles. The first-order valence-electron chi connectivity index (χ1n) is 9.45. The SMILES string of the molecule is CCn1c2ccccc2c2ccc3cc(C(=O)c4ccccc4)c(O)cc3c21. The lowest BCUT2D eigenvalue weighted by Crippen LogP contribution is -2.02. The molecule has 5 rings (SSSR count). The van der Waals surface area contributed by atoms with Gasteiger partial charge in [-0.1, -0.05) is 60.7 Å². The van der Waals surface area contributed by atoms with Crippen LogP contribution in [0.4, 0.5) is 0 Å². The van der Waals surface area contributed by atoms with E-state index in [0.29, 0.717) is 11.1 Å². The second kappa shape index (κ2) is 6.24. The van der Waals surface area contributed by atoms with Gasteiger partial charge in [-0.2, -0.15) is 0 Å². The first-order chi connectivity index (χ1) is 13.7. The molecule has 0 bridgehead atoms. The van der Waals surface area contributed by atoms with E-state index >= 15 is 0 Å². The number of phenols is 1. The third-order valence-electron chi connectivity index (χ3n) is 5.46. The fraction of sp³-hybridized carbons (Fsp3) is 0.0800. The van der Waals surface area contributed by atoms with E-state index in [1.807, 2.05) is 36.4 Å². The highest BCUT2D eigenvalue weighted by Gasteiger charge is 2.18. The molecule has 0 fully saturated rings. The molecule has 28 heavy (non-hydrogen) atoms. The van der Waals surface area contributed by atoms with Gasteiger partial charge in [-0.15, -0.1) is 0 Å². The molecule has 3 heteroatoms. The molecule has 0 atom stereocenters. The van der Waals surface area contributed by atoms with Crippen molar-refractivity contribution in [3.63, 3.8) is 0 Å². The van der Waals surface area contributed by atoms with Crippen molar-refractivity contribution in [2.24, 2.45) is 0 Å². The maximum atomic E-state index is 12.9. The molecular formula is C25H19NO2. The Morgan fingerprint density at radius 3 is 2.39 bits per heavy atom. The lowest BCUT2D eigenvalue weighted by molar-refractivity contribution is 0.103. The highest BCUT2D eigenvalue weighted by molar-refractivity contribution is 6.20. The molecule has 1 aromatic heterocycles. The minimum Gasteiger partial charge on any atom is -0.507 e. The Bertz CT molecular complexity index is 1360. The van der Waals surface area contributed by atoms with Crippen LogP contribution in [0.15, 0.2) is 78.9 Å². The smallest absolute Gasteiger partial charge is 0.196 e. The first kappa shape index (κ1) is 16.6. The van der Waals surface area contributed by atoms with Gasteiger partial charge in [-0.3, -0.25) is 4.79 Å². The predicted octanol–water partition coefficient (Wildman–Crippen LogP) is 5.90. The van der Waals surface area contributed by atoms with Gasteiger partial charge in [-0.05, 0) is 30.5 Å². The fourth-order valence-corrected chi connectivity index (χ4v) is 4.17. The highest BCUT2D eigenvalue weighted by Crippen LogP contribution is 2.37. The average Bonchev–Trinajstić information content (AvgIpc) is 3.07. The van der Waals surface area contributed by atoms with Crippen LogP contribution in [-0.4, -0.2) is 15.5 Å². The van der Waals surface area contributed by atoms with Gasteiger partial charge in [0.1, 0.15) is 5.75 Å². The fourth-order valence-electron chi connectivity index (χ4n) is 4.17. The van der Waals surface area contributed by atoms with Crippen molar-refractivity contribution in [2.45, 2.75) is 13.5 Å². The summed E-state index contributed by atoms with van der Waals surface area (Å²) in [6.07, 6.45) is 0. The molecule has 0 aliphatic rings. The van der Waals surface area contributed by atoms with Crippen molar-refractivity contribution in [2.75, 3.05) is 0 Å². The van der Waals surface area contributed by atoms with Gasteiger partial charge >= 0.3 is 0 Å². The van der Waals surface area contributed by atoms with Gasteiger partial charge in [0.2, 0.25) is 0 Å². The van der Waals surface area contributed by atoms with E-state index in [-0.39, 0.29) is 11.5 Å². The highest BCUT2D eigenvalue weighted by atomic mass is 16.3. The number of hydrogen-bond donors (Lipinski definition) is 1. The number of carbonyl (C=O) groups excluding carboxylic acids is 1. The van der Waals surface area contributed by atoms with Gasteiger partial charge in [-0.25, -0.2) is 0 Å². The van der Waals surface area contributed by atoms with E-state index in [4.69, 9.17) is 0 Å². The Kier molecular flexibility index (Phi) is 3.69. The maximum Gasteiger partial charge on any atom is 0.196 e. The molecule has 0 spiro atoms. The van der Waals surface area contributed by atoms with Crippen LogP contribution >= 0.6 is 0 Å². The molecule has 0 aliphatic heterocycles. The second-order valence-electron chi connectivity index (χ2n) is 7.01. The number of carbonyl (C=O) groups is 1. The number of fused-ring (bicyclic) bond motifs is 5. The van der Waals surface area contributed by atoms with Crippen molar-refractivity contribution in [1.82, 2.24) is 4.57 Å². The van der Waals surface area contributed by atoms with Gasteiger partial charge in [0, 0.05) is 33.8 Å². The summed E-state index contributed by atoms with van der Waals surface area (Å²) in [5.41, 5.74) is 3.17. The van der Waals surface area contributed by atoms with Crippen LogP contribution in [0.1, 0.15) is 22.8 Å². The van der Waals surface area contributed by atoms with Gasteiger partial charge < -0.3 is 9.67 Å². The summed E-state index contributed by atoms with van der Waals surface area (Å²) in [6.45, 7) is 2.95. The van der Waals surface area contributed by atoms with Crippen molar-refractivity contribution >= 4 is 38.4 Å². The third-order valence-corrected chi connectivity index (χ3v) is 5.46. The third kappa shape index (κ3) is 2.33. The van der Waals surface area contributed by atoms with Crippen LogP contribution in [-0.2, 0) is 6.54 Å². The lowest BCUT2D eigenvalue weighted by atomic mass is 9.97. The quantitative estimate of drug-likeness (QED) is 0.404. The summed E-state index contributed by atoms with van der Waals surface area (Å²) in [5.74, 6) is -0.155. The summed E-state index contributed by atoms with van der Waals surface area (Å²) in [5, 5.41) is 15.0. The molecule has 0 saturated carbocycles. The monoisotopic (exact) mass is 365 g/mol. The van der Waals surface area contributed by atoms with Crippen LogP contribution in [0.3, 0.4) is 0 Å². The number of ketones is 1. The molecule has 0 saturated heterocycles. The molecule has 0 amide bonds. The van der Waals surface area contributed by atoms with E-state index in [1.165, 1.54) is 10.9 Å². The molecule has 1 N–H and O–H groups in total. The molecule has 3 nitrogen and oxygen atoms in total. The molecular weight excluding hydrogens is 346 g/mol. The summed E-state index contributed by atoms with van der Waals surface area (Å²) < 4.78 is 2.27. The summed E-state index contributed by atoms with van der Waals surface area (Å²) in [7, 11) is 0. The van der Waals surface area contributed by atoms with Crippen LogP contribution in [0.25, 0.3) is 32.6 Å². The number of rotatable bonds is 3. The topological polar surface area (TPSA) is 42.2 Å². The Morgan fingerprint density at radius 1 is 0.857 bits per heavy atom. The van der Waals surface area contributed by atoms with E-state index in [9.17, 15) is 9.90 Å². The number of nitrogens with zero attached hydrogens (tertiary/aromatic N) is 1. The predicted molar refractivity (Wildman–Crippen MR) is 114 cm³/mol. The number of benzene rings is 4. The van der Waals surface area contributed by atoms with Gasteiger partial charge in [0.15, 0.2) is 5.78 Å². The zero-order valence-electron chi connectivity index (χ0n) is 15.5. The van der Waals surface area contributed by atoms with Crippen molar-refractivity contribution in [3.8, 4) is 5.75 Å². The molecule has 0 aliphatic carbocycles. The van der Waals surface area contributed by atoms with Crippen LogP contribution in [0.2, 0.25) is 0 Å². The maximum absolute atomic E-state index is 12.9. The minimum atomic E-state index is -0.170.